The first-order chi connectivity index (χ1) is 10.2. The first-order valence-electron chi connectivity index (χ1n) is 6.50. The third-order valence-electron chi connectivity index (χ3n) is 3.04. The molecular formula is C15H14N4O2. The molecule has 6 heteroatoms. The molecule has 0 bridgehead atoms. The van der Waals surface area contributed by atoms with Gasteiger partial charge in [0.05, 0.1) is 5.69 Å². The van der Waals surface area contributed by atoms with E-state index in [1.54, 1.807) is 24.4 Å². The molecule has 3 N–H and O–H groups in total. The van der Waals surface area contributed by atoms with Gasteiger partial charge < -0.3 is 15.4 Å². The van der Waals surface area contributed by atoms with Crippen LogP contribution in [-0.4, -0.2) is 20.2 Å². The van der Waals surface area contributed by atoms with Crippen molar-refractivity contribution in [3.8, 4) is 17.2 Å². The molecule has 2 aromatic heterocycles. The Balaban J connectivity index is 1.81. The molecule has 3 rings (SSSR count). The molecule has 0 atom stereocenters. The van der Waals surface area contributed by atoms with Crippen LogP contribution in [0.1, 0.15) is 17.1 Å². The molecule has 0 aliphatic carbocycles. The van der Waals surface area contributed by atoms with Crippen molar-refractivity contribution < 1.29 is 9.63 Å². The van der Waals surface area contributed by atoms with Crippen LogP contribution in [0.5, 0.6) is 5.75 Å². The van der Waals surface area contributed by atoms with Gasteiger partial charge in [-0.15, -0.1) is 0 Å². The molecule has 0 saturated carbocycles. The lowest BCUT2D eigenvalue weighted by molar-refractivity contribution is 0.424. The van der Waals surface area contributed by atoms with Crippen LogP contribution in [0.25, 0.3) is 11.5 Å². The van der Waals surface area contributed by atoms with Gasteiger partial charge in [0.2, 0.25) is 0 Å². The highest BCUT2D eigenvalue weighted by Gasteiger charge is 2.10. The summed E-state index contributed by atoms with van der Waals surface area (Å²) in [7, 11) is 0. The number of aromatic nitrogens is 3. The molecule has 6 nitrogen and oxygen atoms in total. The predicted molar refractivity (Wildman–Crippen MR) is 76.3 cm³/mol. The SMILES string of the molecule is NCc1cc(-c2nc(Cc3ccc(O)cc3)no2)ccn1. The summed E-state index contributed by atoms with van der Waals surface area (Å²) in [6.45, 7) is 0.363. The number of phenols is 1. The molecule has 0 amide bonds. The van der Waals surface area contributed by atoms with Crippen molar-refractivity contribution in [1.29, 1.82) is 0 Å². The molecule has 0 unspecified atom stereocenters. The van der Waals surface area contributed by atoms with Gasteiger partial charge in [-0.3, -0.25) is 4.98 Å². The molecule has 2 heterocycles. The predicted octanol–water partition coefficient (Wildman–Crippen LogP) is 1.89. The van der Waals surface area contributed by atoms with Gasteiger partial charge in [0.1, 0.15) is 5.75 Å². The normalized spacial score (nSPS) is 10.7. The summed E-state index contributed by atoms with van der Waals surface area (Å²) < 4.78 is 5.27. The number of rotatable bonds is 4. The zero-order valence-corrected chi connectivity index (χ0v) is 11.2. The van der Waals surface area contributed by atoms with Gasteiger partial charge in [0, 0.05) is 24.7 Å². The van der Waals surface area contributed by atoms with Crippen LogP contribution in [0, 0.1) is 0 Å². The number of hydrogen-bond donors (Lipinski definition) is 2. The van der Waals surface area contributed by atoms with Crippen LogP contribution in [0.2, 0.25) is 0 Å². The van der Waals surface area contributed by atoms with E-state index in [0.29, 0.717) is 24.7 Å². The van der Waals surface area contributed by atoms with Crippen LogP contribution in [0.3, 0.4) is 0 Å². The first kappa shape index (κ1) is 13.3. The Morgan fingerprint density at radius 3 is 2.71 bits per heavy atom. The number of benzene rings is 1. The van der Waals surface area contributed by atoms with E-state index < -0.39 is 0 Å². The molecule has 0 saturated heterocycles. The lowest BCUT2D eigenvalue weighted by atomic mass is 10.1. The van der Waals surface area contributed by atoms with Crippen molar-refractivity contribution in [3.63, 3.8) is 0 Å². The van der Waals surface area contributed by atoms with Crippen LogP contribution < -0.4 is 5.73 Å². The fraction of sp³-hybridized carbons (Fsp3) is 0.133. The van der Waals surface area contributed by atoms with Gasteiger partial charge in [0.25, 0.3) is 5.89 Å². The number of nitrogens with zero attached hydrogens (tertiary/aromatic N) is 3. The Labute approximate surface area is 121 Å². The van der Waals surface area contributed by atoms with Gasteiger partial charge in [-0.25, -0.2) is 0 Å². The zero-order valence-electron chi connectivity index (χ0n) is 11.2. The van der Waals surface area contributed by atoms with Crippen molar-refractivity contribution >= 4 is 0 Å². The minimum atomic E-state index is 0.235. The summed E-state index contributed by atoms with van der Waals surface area (Å²) in [5.41, 5.74) is 8.13. The maximum absolute atomic E-state index is 9.26. The highest BCUT2D eigenvalue weighted by atomic mass is 16.5. The second kappa shape index (κ2) is 5.72. The summed E-state index contributed by atoms with van der Waals surface area (Å²) in [6.07, 6.45) is 2.21. The van der Waals surface area contributed by atoms with E-state index in [1.165, 1.54) is 0 Å². The average molecular weight is 282 g/mol. The molecular weight excluding hydrogens is 268 g/mol. The second-order valence-corrected chi connectivity index (χ2v) is 4.60. The summed E-state index contributed by atoms with van der Waals surface area (Å²) in [5.74, 6) is 1.27. The lowest BCUT2D eigenvalue weighted by Gasteiger charge is -1.97. The molecule has 0 radical (unpaired) electrons. The largest absolute Gasteiger partial charge is 0.508 e. The van der Waals surface area contributed by atoms with Gasteiger partial charge in [0.15, 0.2) is 5.82 Å². The summed E-state index contributed by atoms with van der Waals surface area (Å²) in [5, 5.41) is 13.2. The van der Waals surface area contributed by atoms with Crippen LogP contribution in [0.15, 0.2) is 47.1 Å². The molecule has 106 valence electrons. The fourth-order valence-corrected chi connectivity index (χ4v) is 1.96. The monoisotopic (exact) mass is 282 g/mol. The van der Waals surface area contributed by atoms with Crippen molar-refractivity contribution in [1.82, 2.24) is 15.1 Å². The highest BCUT2D eigenvalue weighted by Crippen LogP contribution is 2.19. The van der Waals surface area contributed by atoms with Crippen molar-refractivity contribution in [3.05, 3.63) is 59.7 Å². The van der Waals surface area contributed by atoms with Crippen LogP contribution in [0.4, 0.5) is 0 Å². The Bertz CT molecular complexity index is 737. The van der Waals surface area contributed by atoms with Gasteiger partial charge in [-0.2, -0.15) is 4.98 Å². The molecule has 21 heavy (non-hydrogen) atoms. The van der Waals surface area contributed by atoms with E-state index in [0.717, 1.165) is 16.8 Å². The molecule has 0 fully saturated rings. The van der Waals surface area contributed by atoms with E-state index in [2.05, 4.69) is 15.1 Å². The molecule has 3 aromatic rings. The quantitative estimate of drug-likeness (QED) is 0.758. The Morgan fingerprint density at radius 1 is 1.14 bits per heavy atom. The molecule has 0 aliphatic heterocycles. The third kappa shape index (κ3) is 3.06. The van der Waals surface area contributed by atoms with Crippen molar-refractivity contribution in [2.24, 2.45) is 5.73 Å². The standard InChI is InChI=1S/C15H14N4O2/c16-9-12-8-11(5-6-17-12)15-18-14(19-21-15)7-10-1-3-13(20)4-2-10/h1-6,8,20H,7,9,16H2. The zero-order chi connectivity index (χ0) is 14.7. The minimum Gasteiger partial charge on any atom is -0.508 e. The second-order valence-electron chi connectivity index (χ2n) is 4.60. The van der Waals surface area contributed by atoms with Crippen LogP contribution in [-0.2, 0) is 13.0 Å². The van der Waals surface area contributed by atoms with Crippen molar-refractivity contribution in [2.45, 2.75) is 13.0 Å². The maximum atomic E-state index is 9.26. The fourth-order valence-electron chi connectivity index (χ4n) is 1.96. The smallest absolute Gasteiger partial charge is 0.258 e. The van der Waals surface area contributed by atoms with E-state index in [4.69, 9.17) is 10.3 Å². The number of nitrogens with two attached hydrogens (primary N) is 1. The maximum Gasteiger partial charge on any atom is 0.258 e. The lowest BCUT2D eigenvalue weighted by Crippen LogP contribution is -1.99. The minimum absolute atomic E-state index is 0.235. The average Bonchev–Trinajstić information content (AvgIpc) is 2.98. The van der Waals surface area contributed by atoms with Gasteiger partial charge in [-0.05, 0) is 29.8 Å². The summed E-state index contributed by atoms with van der Waals surface area (Å²) in [4.78, 5) is 8.49. The van der Waals surface area contributed by atoms with Gasteiger partial charge in [-0.1, -0.05) is 17.3 Å². The Morgan fingerprint density at radius 2 is 1.95 bits per heavy atom. The third-order valence-corrected chi connectivity index (χ3v) is 3.04. The van der Waals surface area contributed by atoms with E-state index in [-0.39, 0.29) is 5.75 Å². The van der Waals surface area contributed by atoms with E-state index in [1.807, 2.05) is 18.2 Å². The van der Waals surface area contributed by atoms with Crippen LogP contribution >= 0.6 is 0 Å². The number of hydrogen-bond acceptors (Lipinski definition) is 6. The topological polar surface area (TPSA) is 98.1 Å². The van der Waals surface area contributed by atoms with E-state index >= 15 is 0 Å². The molecule has 1 aromatic carbocycles. The van der Waals surface area contributed by atoms with Gasteiger partial charge >= 0.3 is 0 Å². The summed E-state index contributed by atoms with van der Waals surface area (Å²) in [6, 6.07) is 10.5. The Kier molecular flexibility index (Phi) is 3.61. The van der Waals surface area contributed by atoms with E-state index in [9.17, 15) is 5.11 Å². The molecule has 0 aliphatic rings. The number of aromatic hydroxyl groups is 1. The summed E-state index contributed by atoms with van der Waals surface area (Å²) >= 11 is 0. The van der Waals surface area contributed by atoms with Crippen molar-refractivity contribution in [2.75, 3.05) is 0 Å². The number of phenolic OH excluding ortho intramolecular Hbond substituents is 1. The number of pyridine rings is 1. The Hall–Kier alpha value is -2.73. The molecule has 0 spiro atoms. The highest BCUT2D eigenvalue weighted by molar-refractivity contribution is 5.52. The first-order valence-corrected chi connectivity index (χ1v) is 6.50.